The fraction of sp³-hybridized carbons (Fsp3) is 0.333. The topological polar surface area (TPSA) is 12.0 Å². The van der Waals surface area contributed by atoms with Gasteiger partial charge in [-0.1, -0.05) is 65.3 Å². The predicted octanol–water partition coefficient (Wildman–Crippen LogP) is 5.04. The van der Waals surface area contributed by atoms with Crippen molar-refractivity contribution in [3.63, 3.8) is 0 Å². The standard InChI is InChI=1S/C18H22BrN/c1-14-8-9-17(18(19)12-14)13-20-11-10-15(2)16-6-4-3-5-7-16/h3-9,12,15,20H,10-11,13H2,1-2H3. The maximum Gasteiger partial charge on any atom is 0.0222 e. The lowest BCUT2D eigenvalue weighted by molar-refractivity contribution is 0.593. The Morgan fingerprint density at radius 3 is 2.55 bits per heavy atom. The van der Waals surface area contributed by atoms with Crippen LogP contribution in [0.15, 0.2) is 53.0 Å². The molecule has 2 heteroatoms. The Hall–Kier alpha value is -1.12. The second-order valence-corrected chi connectivity index (χ2v) is 6.23. The van der Waals surface area contributed by atoms with Gasteiger partial charge in [0.25, 0.3) is 0 Å². The first-order valence-corrected chi connectivity index (χ1v) is 7.97. The van der Waals surface area contributed by atoms with E-state index in [0.717, 1.165) is 19.5 Å². The molecule has 0 amide bonds. The van der Waals surface area contributed by atoms with E-state index in [4.69, 9.17) is 0 Å². The van der Waals surface area contributed by atoms with Crippen LogP contribution in [0.25, 0.3) is 0 Å². The third kappa shape index (κ3) is 4.46. The molecular formula is C18H22BrN. The summed E-state index contributed by atoms with van der Waals surface area (Å²) >= 11 is 3.62. The van der Waals surface area contributed by atoms with Gasteiger partial charge in [-0.2, -0.15) is 0 Å². The molecule has 2 aromatic rings. The van der Waals surface area contributed by atoms with Crippen molar-refractivity contribution < 1.29 is 0 Å². The SMILES string of the molecule is Cc1ccc(CNCCC(C)c2ccccc2)c(Br)c1. The van der Waals surface area contributed by atoms with Crippen molar-refractivity contribution in [1.29, 1.82) is 0 Å². The average Bonchev–Trinajstić information content (AvgIpc) is 2.46. The molecule has 1 nitrogen and oxygen atoms in total. The number of nitrogens with one attached hydrogen (secondary N) is 1. The van der Waals surface area contributed by atoms with Crippen molar-refractivity contribution in [3.05, 3.63) is 69.7 Å². The van der Waals surface area contributed by atoms with E-state index >= 15 is 0 Å². The fourth-order valence-corrected chi connectivity index (χ4v) is 2.92. The van der Waals surface area contributed by atoms with E-state index in [-0.39, 0.29) is 0 Å². The summed E-state index contributed by atoms with van der Waals surface area (Å²) in [4.78, 5) is 0. The second kappa shape index (κ2) is 7.61. The largest absolute Gasteiger partial charge is 0.313 e. The highest BCUT2D eigenvalue weighted by molar-refractivity contribution is 9.10. The van der Waals surface area contributed by atoms with E-state index in [0.29, 0.717) is 5.92 Å². The molecule has 1 unspecified atom stereocenters. The first-order valence-electron chi connectivity index (χ1n) is 7.17. The molecule has 0 aliphatic heterocycles. The number of benzene rings is 2. The van der Waals surface area contributed by atoms with Gasteiger partial charge in [-0.15, -0.1) is 0 Å². The number of aryl methyl sites for hydroxylation is 1. The van der Waals surface area contributed by atoms with Crippen LogP contribution in [-0.4, -0.2) is 6.54 Å². The lowest BCUT2D eigenvalue weighted by atomic mass is 9.98. The van der Waals surface area contributed by atoms with Crippen molar-refractivity contribution in [3.8, 4) is 0 Å². The molecule has 0 aliphatic carbocycles. The third-order valence-electron chi connectivity index (χ3n) is 3.65. The van der Waals surface area contributed by atoms with Gasteiger partial charge in [-0.05, 0) is 48.6 Å². The maximum absolute atomic E-state index is 3.62. The molecule has 0 saturated carbocycles. The van der Waals surface area contributed by atoms with Gasteiger partial charge in [0, 0.05) is 11.0 Å². The fourth-order valence-electron chi connectivity index (χ4n) is 2.29. The molecule has 106 valence electrons. The molecule has 0 fully saturated rings. The number of hydrogen-bond acceptors (Lipinski definition) is 1. The van der Waals surface area contributed by atoms with Crippen LogP contribution in [0.2, 0.25) is 0 Å². The zero-order chi connectivity index (χ0) is 14.4. The molecule has 1 atom stereocenters. The summed E-state index contributed by atoms with van der Waals surface area (Å²) in [5.41, 5.74) is 4.03. The zero-order valence-corrected chi connectivity index (χ0v) is 13.8. The van der Waals surface area contributed by atoms with Crippen molar-refractivity contribution in [2.24, 2.45) is 0 Å². The summed E-state index contributed by atoms with van der Waals surface area (Å²) in [7, 11) is 0. The van der Waals surface area contributed by atoms with Gasteiger partial charge in [-0.25, -0.2) is 0 Å². The summed E-state index contributed by atoms with van der Waals surface area (Å²) in [5, 5.41) is 3.53. The van der Waals surface area contributed by atoms with Crippen molar-refractivity contribution in [2.45, 2.75) is 32.7 Å². The summed E-state index contributed by atoms with van der Waals surface area (Å²) in [6.45, 7) is 6.36. The molecule has 0 aliphatic rings. The van der Waals surface area contributed by atoms with Crippen LogP contribution in [0.5, 0.6) is 0 Å². The van der Waals surface area contributed by atoms with E-state index in [1.165, 1.54) is 21.2 Å². The molecule has 1 N–H and O–H groups in total. The molecule has 0 radical (unpaired) electrons. The molecule has 0 saturated heterocycles. The molecule has 0 heterocycles. The first kappa shape index (κ1) is 15.3. The highest BCUT2D eigenvalue weighted by Crippen LogP contribution is 2.19. The van der Waals surface area contributed by atoms with Gasteiger partial charge in [-0.3, -0.25) is 0 Å². The van der Waals surface area contributed by atoms with Gasteiger partial charge in [0.1, 0.15) is 0 Å². The molecule has 0 spiro atoms. The lowest BCUT2D eigenvalue weighted by Crippen LogP contribution is -2.16. The Bertz CT molecular complexity index is 536. The van der Waals surface area contributed by atoms with E-state index in [9.17, 15) is 0 Å². The van der Waals surface area contributed by atoms with Gasteiger partial charge in [0.2, 0.25) is 0 Å². The lowest BCUT2D eigenvalue weighted by Gasteiger charge is -2.13. The Balaban J connectivity index is 1.76. The van der Waals surface area contributed by atoms with Crippen molar-refractivity contribution >= 4 is 15.9 Å². The highest BCUT2D eigenvalue weighted by atomic mass is 79.9. The summed E-state index contributed by atoms with van der Waals surface area (Å²) in [6, 6.07) is 17.2. The third-order valence-corrected chi connectivity index (χ3v) is 4.38. The molecule has 0 aromatic heterocycles. The minimum absolute atomic E-state index is 0.602. The maximum atomic E-state index is 3.62. The van der Waals surface area contributed by atoms with E-state index in [1.807, 2.05) is 0 Å². The second-order valence-electron chi connectivity index (χ2n) is 5.37. The summed E-state index contributed by atoms with van der Waals surface area (Å²) in [5.74, 6) is 0.602. The number of hydrogen-bond donors (Lipinski definition) is 1. The summed E-state index contributed by atoms with van der Waals surface area (Å²) < 4.78 is 1.20. The quantitative estimate of drug-likeness (QED) is 0.731. The number of rotatable bonds is 6. The molecule has 0 bridgehead atoms. The van der Waals surface area contributed by atoms with Gasteiger partial charge >= 0.3 is 0 Å². The Kier molecular flexibility index (Phi) is 5.81. The Morgan fingerprint density at radius 1 is 1.10 bits per heavy atom. The van der Waals surface area contributed by atoms with Crippen LogP contribution in [0.1, 0.15) is 36.0 Å². The first-order chi connectivity index (χ1) is 9.66. The van der Waals surface area contributed by atoms with E-state index in [1.54, 1.807) is 0 Å². The molecule has 2 rings (SSSR count). The molecule has 20 heavy (non-hydrogen) atoms. The van der Waals surface area contributed by atoms with E-state index in [2.05, 4.69) is 83.6 Å². The smallest absolute Gasteiger partial charge is 0.0222 e. The highest BCUT2D eigenvalue weighted by Gasteiger charge is 2.04. The molecule has 2 aromatic carbocycles. The summed E-state index contributed by atoms with van der Waals surface area (Å²) in [6.07, 6.45) is 1.16. The Labute approximate surface area is 130 Å². The van der Waals surface area contributed by atoms with Crippen LogP contribution in [0, 0.1) is 6.92 Å². The predicted molar refractivity (Wildman–Crippen MR) is 90.1 cm³/mol. The average molecular weight is 332 g/mol. The Morgan fingerprint density at radius 2 is 1.85 bits per heavy atom. The minimum atomic E-state index is 0.602. The van der Waals surface area contributed by atoms with Gasteiger partial charge in [0.15, 0.2) is 0 Å². The van der Waals surface area contributed by atoms with Gasteiger partial charge in [0.05, 0.1) is 0 Å². The van der Waals surface area contributed by atoms with Crippen molar-refractivity contribution in [2.75, 3.05) is 6.54 Å². The number of halogens is 1. The molecular weight excluding hydrogens is 310 g/mol. The van der Waals surface area contributed by atoms with Crippen LogP contribution in [0.3, 0.4) is 0 Å². The van der Waals surface area contributed by atoms with Crippen molar-refractivity contribution in [1.82, 2.24) is 5.32 Å². The monoisotopic (exact) mass is 331 g/mol. The normalized spacial score (nSPS) is 12.3. The van der Waals surface area contributed by atoms with Crippen LogP contribution in [0.4, 0.5) is 0 Å². The minimum Gasteiger partial charge on any atom is -0.313 e. The van der Waals surface area contributed by atoms with Crippen LogP contribution >= 0.6 is 15.9 Å². The van der Waals surface area contributed by atoms with Gasteiger partial charge < -0.3 is 5.32 Å². The van der Waals surface area contributed by atoms with E-state index < -0.39 is 0 Å². The zero-order valence-electron chi connectivity index (χ0n) is 12.2. The van der Waals surface area contributed by atoms with Crippen LogP contribution < -0.4 is 5.32 Å². The van der Waals surface area contributed by atoms with Crippen LogP contribution in [-0.2, 0) is 6.54 Å².